The molecule has 3 rings (SSSR count). The number of rotatable bonds is 4. The smallest absolute Gasteiger partial charge is 0.259 e. The van der Waals surface area contributed by atoms with Crippen LogP contribution in [0.25, 0.3) is 0 Å². The molecule has 0 unspecified atom stereocenters. The lowest BCUT2D eigenvalue weighted by Gasteiger charge is -2.15. The molecular weight excluding hydrogens is 320 g/mol. The summed E-state index contributed by atoms with van der Waals surface area (Å²) in [5, 5.41) is 2.88. The number of hydrogen-bond donors (Lipinski definition) is 1. The number of nitrogens with zero attached hydrogens (tertiary/aromatic N) is 1. The standard InChI is InChI=1S/C19H20N2O4/c1-12(22)21-10-9-13-11-14(7-8-16(13)21)20-19(23)15-5-4-6-17(24-2)18(15)25-3/h4-8,11H,9-10H2,1-3H3,(H,20,23). The average molecular weight is 340 g/mol. The summed E-state index contributed by atoms with van der Waals surface area (Å²) >= 11 is 0. The lowest BCUT2D eigenvalue weighted by Crippen LogP contribution is -2.25. The van der Waals surface area contributed by atoms with Gasteiger partial charge in [0.2, 0.25) is 5.91 Å². The van der Waals surface area contributed by atoms with Crippen LogP contribution in [0, 0.1) is 0 Å². The zero-order valence-electron chi connectivity index (χ0n) is 14.5. The SMILES string of the molecule is COc1cccc(C(=O)Nc2ccc3c(c2)CCN3C(C)=O)c1OC. The van der Waals surface area contributed by atoms with Crippen LogP contribution >= 0.6 is 0 Å². The van der Waals surface area contributed by atoms with Gasteiger partial charge in [0, 0.05) is 24.8 Å². The second-order valence-electron chi connectivity index (χ2n) is 5.76. The van der Waals surface area contributed by atoms with Crippen LogP contribution in [0.4, 0.5) is 11.4 Å². The summed E-state index contributed by atoms with van der Waals surface area (Å²) in [6.45, 7) is 2.23. The van der Waals surface area contributed by atoms with Gasteiger partial charge in [0.25, 0.3) is 5.91 Å². The largest absolute Gasteiger partial charge is 0.493 e. The number of anilines is 2. The van der Waals surface area contributed by atoms with E-state index in [0.29, 0.717) is 29.3 Å². The number of methoxy groups -OCH3 is 2. The van der Waals surface area contributed by atoms with Crippen LogP contribution in [-0.4, -0.2) is 32.6 Å². The maximum Gasteiger partial charge on any atom is 0.259 e. The van der Waals surface area contributed by atoms with Crippen molar-refractivity contribution < 1.29 is 19.1 Å². The highest BCUT2D eigenvalue weighted by atomic mass is 16.5. The Bertz CT molecular complexity index is 832. The molecule has 1 aliphatic rings. The predicted molar refractivity (Wildman–Crippen MR) is 95.7 cm³/mol. The molecule has 0 bridgehead atoms. The second-order valence-corrected chi connectivity index (χ2v) is 5.76. The highest BCUT2D eigenvalue weighted by molar-refractivity contribution is 6.07. The first-order chi connectivity index (χ1) is 12.0. The Kier molecular flexibility index (Phi) is 4.61. The van der Waals surface area contributed by atoms with Gasteiger partial charge in [-0.15, -0.1) is 0 Å². The number of carbonyl (C=O) groups is 2. The Morgan fingerprint density at radius 2 is 1.92 bits per heavy atom. The van der Waals surface area contributed by atoms with Gasteiger partial charge in [-0.25, -0.2) is 0 Å². The number of hydrogen-bond acceptors (Lipinski definition) is 4. The first-order valence-electron chi connectivity index (χ1n) is 7.98. The maximum atomic E-state index is 12.6. The molecule has 0 radical (unpaired) electrons. The fourth-order valence-electron chi connectivity index (χ4n) is 3.07. The van der Waals surface area contributed by atoms with Crippen LogP contribution in [-0.2, 0) is 11.2 Å². The van der Waals surface area contributed by atoms with E-state index >= 15 is 0 Å². The molecule has 0 aliphatic carbocycles. The summed E-state index contributed by atoms with van der Waals surface area (Å²) < 4.78 is 10.5. The van der Waals surface area contributed by atoms with Crippen molar-refractivity contribution >= 4 is 23.2 Å². The molecular formula is C19H20N2O4. The van der Waals surface area contributed by atoms with Gasteiger partial charge in [-0.1, -0.05) is 6.07 Å². The van der Waals surface area contributed by atoms with E-state index in [1.165, 1.54) is 14.2 Å². The van der Waals surface area contributed by atoms with Gasteiger partial charge in [0.1, 0.15) is 0 Å². The number of carbonyl (C=O) groups excluding carboxylic acids is 2. The van der Waals surface area contributed by atoms with Crippen LogP contribution in [0.2, 0.25) is 0 Å². The lowest BCUT2D eigenvalue weighted by atomic mass is 10.1. The quantitative estimate of drug-likeness (QED) is 0.929. The third-order valence-electron chi connectivity index (χ3n) is 4.26. The molecule has 0 saturated heterocycles. The Balaban J connectivity index is 1.84. The second kappa shape index (κ2) is 6.84. The Morgan fingerprint density at radius 3 is 2.60 bits per heavy atom. The minimum atomic E-state index is -0.280. The number of nitrogens with one attached hydrogen (secondary N) is 1. The zero-order valence-corrected chi connectivity index (χ0v) is 14.5. The highest BCUT2D eigenvalue weighted by Crippen LogP contribution is 2.33. The molecule has 2 aromatic carbocycles. The van der Waals surface area contributed by atoms with Crippen molar-refractivity contribution in [3.63, 3.8) is 0 Å². The van der Waals surface area contributed by atoms with E-state index in [9.17, 15) is 9.59 Å². The molecule has 1 N–H and O–H groups in total. The third kappa shape index (κ3) is 3.15. The van der Waals surface area contributed by atoms with Gasteiger partial charge in [-0.2, -0.15) is 0 Å². The summed E-state index contributed by atoms with van der Waals surface area (Å²) in [4.78, 5) is 26.0. The van der Waals surface area contributed by atoms with Crippen molar-refractivity contribution in [3.8, 4) is 11.5 Å². The van der Waals surface area contributed by atoms with Crippen LogP contribution in [0.1, 0.15) is 22.8 Å². The first-order valence-corrected chi connectivity index (χ1v) is 7.98. The fourth-order valence-corrected chi connectivity index (χ4v) is 3.07. The van der Waals surface area contributed by atoms with Gasteiger partial charge in [0.15, 0.2) is 11.5 Å². The van der Waals surface area contributed by atoms with E-state index in [2.05, 4.69) is 5.32 Å². The molecule has 1 aliphatic heterocycles. The van der Waals surface area contributed by atoms with E-state index in [4.69, 9.17) is 9.47 Å². The van der Waals surface area contributed by atoms with Gasteiger partial charge in [-0.3, -0.25) is 9.59 Å². The summed E-state index contributed by atoms with van der Waals surface area (Å²) in [7, 11) is 3.03. The molecule has 6 heteroatoms. The lowest BCUT2D eigenvalue weighted by molar-refractivity contribution is -0.116. The normalized spacial score (nSPS) is 12.5. The predicted octanol–water partition coefficient (Wildman–Crippen LogP) is 2.87. The number of ether oxygens (including phenoxy) is 2. The van der Waals surface area contributed by atoms with Gasteiger partial charge < -0.3 is 19.7 Å². The Labute approximate surface area is 146 Å². The van der Waals surface area contributed by atoms with Crippen molar-refractivity contribution in [2.24, 2.45) is 0 Å². The molecule has 0 saturated carbocycles. The number of benzene rings is 2. The van der Waals surface area contributed by atoms with Gasteiger partial charge >= 0.3 is 0 Å². The summed E-state index contributed by atoms with van der Waals surface area (Å²) in [5.74, 6) is 0.640. The summed E-state index contributed by atoms with van der Waals surface area (Å²) in [5.41, 5.74) is 3.03. The molecule has 0 atom stereocenters. The molecule has 130 valence electrons. The summed E-state index contributed by atoms with van der Waals surface area (Å²) in [6, 6.07) is 10.7. The van der Waals surface area contributed by atoms with Crippen LogP contribution in [0.15, 0.2) is 36.4 Å². The topological polar surface area (TPSA) is 67.9 Å². The maximum absolute atomic E-state index is 12.6. The fraction of sp³-hybridized carbons (Fsp3) is 0.263. The number of para-hydroxylation sites is 1. The summed E-state index contributed by atoms with van der Waals surface area (Å²) in [6.07, 6.45) is 0.779. The van der Waals surface area contributed by atoms with E-state index in [1.807, 2.05) is 12.1 Å². The Hall–Kier alpha value is -3.02. The molecule has 0 aromatic heterocycles. The molecule has 2 aromatic rings. The van der Waals surface area contributed by atoms with Gasteiger partial charge in [0.05, 0.1) is 19.8 Å². The molecule has 0 spiro atoms. The van der Waals surface area contributed by atoms with Crippen molar-refractivity contribution in [1.29, 1.82) is 0 Å². The zero-order chi connectivity index (χ0) is 18.0. The van der Waals surface area contributed by atoms with Crippen LogP contribution in [0.3, 0.4) is 0 Å². The first kappa shape index (κ1) is 16.8. The molecule has 0 fully saturated rings. The van der Waals surface area contributed by atoms with Crippen LogP contribution < -0.4 is 19.7 Å². The number of fused-ring (bicyclic) bond motifs is 1. The van der Waals surface area contributed by atoms with E-state index in [1.54, 1.807) is 36.1 Å². The molecule has 2 amide bonds. The minimum absolute atomic E-state index is 0.0247. The van der Waals surface area contributed by atoms with Crippen molar-refractivity contribution in [2.75, 3.05) is 31.0 Å². The van der Waals surface area contributed by atoms with Crippen molar-refractivity contribution in [2.45, 2.75) is 13.3 Å². The average Bonchev–Trinajstić information content (AvgIpc) is 3.04. The third-order valence-corrected chi connectivity index (χ3v) is 4.26. The highest BCUT2D eigenvalue weighted by Gasteiger charge is 2.23. The van der Waals surface area contributed by atoms with E-state index < -0.39 is 0 Å². The molecule has 6 nitrogen and oxygen atoms in total. The minimum Gasteiger partial charge on any atom is -0.493 e. The van der Waals surface area contributed by atoms with Crippen molar-refractivity contribution in [3.05, 3.63) is 47.5 Å². The van der Waals surface area contributed by atoms with Gasteiger partial charge in [-0.05, 0) is 42.3 Å². The van der Waals surface area contributed by atoms with Crippen molar-refractivity contribution in [1.82, 2.24) is 0 Å². The monoisotopic (exact) mass is 340 g/mol. The molecule has 25 heavy (non-hydrogen) atoms. The van der Waals surface area contributed by atoms with E-state index in [-0.39, 0.29) is 11.8 Å². The Morgan fingerprint density at radius 1 is 1.12 bits per heavy atom. The molecule has 1 heterocycles. The number of amides is 2. The van der Waals surface area contributed by atoms with Crippen LogP contribution in [0.5, 0.6) is 11.5 Å². The van der Waals surface area contributed by atoms with E-state index in [0.717, 1.165) is 17.7 Å².